The van der Waals surface area contributed by atoms with Gasteiger partial charge in [-0.3, -0.25) is 0 Å². The lowest BCUT2D eigenvalue weighted by Gasteiger charge is -2.34. The van der Waals surface area contributed by atoms with Crippen molar-refractivity contribution in [2.75, 3.05) is 47.1 Å². The number of carbonyl (C=O) groups is 2. The van der Waals surface area contributed by atoms with E-state index >= 15 is 0 Å². The van der Waals surface area contributed by atoms with Crippen molar-refractivity contribution in [3.05, 3.63) is 17.7 Å². The summed E-state index contributed by atoms with van der Waals surface area (Å²) in [6.45, 7) is 4.33. The first kappa shape index (κ1) is 24.9. The number of halogens is 3. The number of amides is 2. The van der Waals surface area contributed by atoms with Crippen LogP contribution >= 0.6 is 0 Å². The van der Waals surface area contributed by atoms with Crippen molar-refractivity contribution in [3.63, 3.8) is 0 Å². The molecule has 3 rings (SSSR count). The largest absolute Gasteiger partial charge is 0.490 e. The number of aryl methyl sites for hydroxylation is 1. The topological polar surface area (TPSA) is 97.1 Å². The van der Waals surface area contributed by atoms with Gasteiger partial charge >= 0.3 is 18.2 Å². The van der Waals surface area contributed by atoms with Crippen LogP contribution in [0.1, 0.15) is 30.1 Å². The van der Waals surface area contributed by atoms with E-state index in [9.17, 15) is 18.0 Å². The third kappa shape index (κ3) is 7.10. The number of carboxylic acids is 1. The zero-order valence-electron chi connectivity index (χ0n) is 17.9. The van der Waals surface area contributed by atoms with Gasteiger partial charge in [-0.05, 0) is 18.8 Å². The second-order valence-electron chi connectivity index (χ2n) is 7.84. The number of carbonyl (C=O) groups excluding carboxylic acids is 1. The molecular formula is C19H29F3N4O5. The van der Waals surface area contributed by atoms with Gasteiger partial charge in [-0.1, -0.05) is 0 Å². The van der Waals surface area contributed by atoms with Crippen LogP contribution in [-0.2, 0) is 27.9 Å². The van der Waals surface area contributed by atoms with Crippen molar-refractivity contribution in [1.29, 1.82) is 0 Å². The Kier molecular flexibility index (Phi) is 8.69. The van der Waals surface area contributed by atoms with E-state index in [-0.39, 0.29) is 11.9 Å². The van der Waals surface area contributed by atoms with Crippen LogP contribution in [0.25, 0.3) is 0 Å². The lowest BCUT2D eigenvalue weighted by atomic mass is 9.98. The third-order valence-corrected chi connectivity index (χ3v) is 5.14. The number of aliphatic carboxylic acids is 1. The van der Waals surface area contributed by atoms with Gasteiger partial charge in [0.05, 0.1) is 25.2 Å². The minimum atomic E-state index is -5.08. The molecule has 0 spiro atoms. The van der Waals surface area contributed by atoms with E-state index in [0.29, 0.717) is 25.6 Å². The first-order valence-corrected chi connectivity index (χ1v) is 9.92. The van der Waals surface area contributed by atoms with Crippen molar-refractivity contribution < 1.29 is 37.3 Å². The van der Waals surface area contributed by atoms with Crippen LogP contribution < -0.4 is 0 Å². The molecule has 1 aromatic rings. The Hall–Kier alpha value is -2.34. The summed E-state index contributed by atoms with van der Waals surface area (Å²) in [5.41, 5.74) is 2.18. The molecule has 0 aliphatic carbocycles. The highest BCUT2D eigenvalue weighted by Gasteiger charge is 2.38. The predicted molar refractivity (Wildman–Crippen MR) is 103 cm³/mol. The van der Waals surface area contributed by atoms with Gasteiger partial charge in [0, 0.05) is 59.1 Å². The maximum absolute atomic E-state index is 12.3. The lowest BCUT2D eigenvalue weighted by Crippen LogP contribution is -2.44. The molecule has 12 heteroatoms. The number of hydrogen-bond donors (Lipinski definition) is 1. The second-order valence-corrected chi connectivity index (χ2v) is 7.84. The Balaban J connectivity index is 0.000000423. The number of fused-ring (bicyclic) bond motifs is 1. The molecule has 1 saturated heterocycles. The number of imidazole rings is 1. The summed E-state index contributed by atoms with van der Waals surface area (Å²) < 4.78 is 45.2. The van der Waals surface area contributed by atoms with Crippen molar-refractivity contribution in [3.8, 4) is 0 Å². The van der Waals surface area contributed by atoms with Gasteiger partial charge in [-0.25, -0.2) is 14.6 Å². The normalized spacial score (nSPS) is 19.3. The molecule has 1 N–H and O–H groups in total. The van der Waals surface area contributed by atoms with Crippen molar-refractivity contribution in [2.24, 2.45) is 13.0 Å². The van der Waals surface area contributed by atoms with Crippen LogP contribution in [0.4, 0.5) is 18.0 Å². The number of ether oxygens (including phenoxy) is 2. The molecule has 1 fully saturated rings. The van der Waals surface area contributed by atoms with E-state index in [0.717, 1.165) is 38.4 Å². The van der Waals surface area contributed by atoms with Crippen LogP contribution in [0.2, 0.25) is 0 Å². The van der Waals surface area contributed by atoms with Crippen LogP contribution in [0.3, 0.4) is 0 Å². The maximum atomic E-state index is 12.3. The first-order valence-electron chi connectivity index (χ1n) is 9.92. The standard InChI is InChI=1S/C17H28N4O3.C2HF3O2/c1-19(2)17(22)21-8-14(16-15(9-21)18-12-20(16)3)11-24-10-13-4-6-23-7-5-13;3-2(4,5)1(6)7/h12-14H,4-11H2,1-3H3;(H,6,7). The number of carboxylic acid groups (broad SMARTS) is 1. The van der Waals surface area contributed by atoms with E-state index in [1.54, 1.807) is 19.0 Å². The van der Waals surface area contributed by atoms with Gasteiger partial charge < -0.3 is 28.9 Å². The molecular weight excluding hydrogens is 421 g/mol. The van der Waals surface area contributed by atoms with Crippen LogP contribution in [0, 0.1) is 5.92 Å². The highest BCUT2D eigenvalue weighted by Crippen LogP contribution is 2.28. The molecule has 3 heterocycles. The minimum absolute atomic E-state index is 0.0285. The Labute approximate surface area is 178 Å². The van der Waals surface area contributed by atoms with E-state index < -0.39 is 12.1 Å². The maximum Gasteiger partial charge on any atom is 0.490 e. The summed E-state index contributed by atoms with van der Waals surface area (Å²) in [6, 6.07) is 0.0285. The molecule has 176 valence electrons. The van der Waals surface area contributed by atoms with E-state index in [1.165, 1.54) is 5.69 Å². The molecule has 2 aliphatic heterocycles. The van der Waals surface area contributed by atoms with E-state index in [2.05, 4.69) is 9.55 Å². The molecule has 31 heavy (non-hydrogen) atoms. The van der Waals surface area contributed by atoms with Crippen molar-refractivity contribution in [2.45, 2.75) is 31.5 Å². The SMILES string of the molecule is CN(C)C(=O)N1Cc2ncn(C)c2C(COCC2CCOCC2)C1.O=C(O)C(F)(F)F. The van der Waals surface area contributed by atoms with Gasteiger partial charge in [0.25, 0.3) is 0 Å². The Morgan fingerprint density at radius 2 is 1.90 bits per heavy atom. The fourth-order valence-corrected chi connectivity index (χ4v) is 3.58. The van der Waals surface area contributed by atoms with Gasteiger partial charge in [0.1, 0.15) is 0 Å². The summed E-state index contributed by atoms with van der Waals surface area (Å²) in [5.74, 6) is -2.00. The number of rotatable bonds is 4. The molecule has 1 aromatic heterocycles. The molecule has 2 aliphatic rings. The number of alkyl halides is 3. The highest BCUT2D eigenvalue weighted by molar-refractivity contribution is 5.74. The molecule has 2 amide bonds. The summed E-state index contributed by atoms with van der Waals surface area (Å²) in [5, 5.41) is 7.12. The Morgan fingerprint density at radius 1 is 1.29 bits per heavy atom. The number of nitrogens with zero attached hydrogens (tertiary/aromatic N) is 4. The molecule has 0 radical (unpaired) electrons. The monoisotopic (exact) mass is 450 g/mol. The summed E-state index contributed by atoms with van der Waals surface area (Å²) >= 11 is 0. The Morgan fingerprint density at radius 3 is 2.45 bits per heavy atom. The number of aromatic nitrogens is 2. The molecule has 1 unspecified atom stereocenters. The fourth-order valence-electron chi connectivity index (χ4n) is 3.58. The summed E-state index contributed by atoms with van der Waals surface area (Å²) in [4.78, 5) is 29.2. The summed E-state index contributed by atoms with van der Waals surface area (Å²) in [6.07, 6.45) is -1.10. The van der Waals surface area contributed by atoms with Gasteiger partial charge in [0.2, 0.25) is 0 Å². The molecule has 0 bridgehead atoms. The predicted octanol–water partition coefficient (Wildman–Crippen LogP) is 2.08. The third-order valence-electron chi connectivity index (χ3n) is 5.14. The van der Waals surface area contributed by atoms with Gasteiger partial charge in [-0.2, -0.15) is 13.2 Å². The van der Waals surface area contributed by atoms with E-state index in [4.69, 9.17) is 19.4 Å². The number of urea groups is 1. The zero-order chi connectivity index (χ0) is 23.2. The van der Waals surface area contributed by atoms with Crippen LogP contribution in [0.5, 0.6) is 0 Å². The summed E-state index contributed by atoms with van der Waals surface area (Å²) in [7, 11) is 5.58. The first-order chi connectivity index (χ1) is 14.5. The van der Waals surface area contributed by atoms with Gasteiger partial charge in [0.15, 0.2) is 0 Å². The number of hydrogen-bond acceptors (Lipinski definition) is 5. The quantitative estimate of drug-likeness (QED) is 0.755. The zero-order valence-corrected chi connectivity index (χ0v) is 17.9. The van der Waals surface area contributed by atoms with Crippen molar-refractivity contribution >= 4 is 12.0 Å². The van der Waals surface area contributed by atoms with Crippen LogP contribution in [-0.4, -0.2) is 89.7 Å². The highest BCUT2D eigenvalue weighted by atomic mass is 19.4. The lowest BCUT2D eigenvalue weighted by molar-refractivity contribution is -0.192. The molecule has 1 atom stereocenters. The second kappa shape index (κ2) is 10.8. The average Bonchev–Trinajstić information content (AvgIpc) is 3.09. The smallest absolute Gasteiger partial charge is 0.475 e. The van der Waals surface area contributed by atoms with E-state index in [1.807, 2.05) is 18.3 Å². The fraction of sp³-hybridized carbons (Fsp3) is 0.737. The minimum Gasteiger partial charge on any atom is -0.475 e. The van der Waals surface area contributed by atoms with Crippen molar-refractivity contribution in [1.82, 2.24) is 19.4 Å². The van der Waals surface area contributed by atoms with Gasteiger partial charge in [-0.15, -0.1) is 0 Å². The molecule has 0 saturated carbocycles. The molecule has 9 nitrogen and oxygen atoms in total. The van der Waals surface area contributed by atoms with Crippen LogP contribution in [0.15, 0.2) is 6.33 Å². The average molecular weight is 450 g/mol. The molecule has 0 aromatic carbocycles. The Bertz CT molecular complexity index is 747.